The quantitative estimate of drug-likeness (QED) is 0.804. The summed E-state index contributed by atoms with van der Waals surface area (Å²) in [5, 5.41) is 6.88. The summed E-state index contributed by atoms with van der Waals surface area (Å²) in [4.78, 5) is 11.5. The third kappa shape index (κ3) is 4.50. The van der Waals surface area contributed by atoms with Gasteiger partial charge in [-0.05, 0) is 55.3 Å². The van der Waals surface area contributed by atoms with Crippen LogP contribution in [-0.4, -0.2) is 5.91 Å². The van der Waals surface area contributed by atoms with Crippen LogP contribution in [-0.2, 0) is 4.79 Å². The van der Waals surface area contributed by atoms with Crippen LogP contribution in [0, 0.1) is 6.92 Å². The molecule has 0 atom stereocenters. The van der Waals surface area contributed by atoms with E-state index in [-0.39, 0.29) is 5.91 Å². The highest BCUT2D eigenvalue weighted by molar-refractivity contribution is 6.31. The van der Waals surface area contributed by atoms with Gasteiger partial charge in [-0.3, -0.25) is 4.79 Å². The fourth-order valence-electron chi connectivity index (χ4n) is 1.92. The third-order valence-electron chi connectivity index (χ3n) is 3.11. The SMILES string of the molecule is CCCC(=O)Nc1ccc(Nc2ccc(C)c(Cl)c2)cc1. The number of hydrogen-bond acceptors (Lipinski definition) is 2. The maximum Gasteiger partial charge on any atom is 0.224 e. The lowest BCUT2D eigenvalue weighted by atomic mass is 10.2. The molecule has 21 heavy (non-hydrogen) atoms. The van der Waals surface area contributed by atoms with E-state index in [4.69, 9.17) is 11.6 Å². The summed E-state index contributed by atoms with van der Waals surface area (Å²) in [5.41, 5.74) is 3.74. The minimum Gasteiger partial charge on any atom is -0.355 e. The predicted molar refractivity (Wildman–Crippen MR) is 89.5 cm³/mol. The summed E-state index contributed by atoms with van der Waals surface area (Å²) >= 11 is 6.10. The first-order chi connectivity index (χ1) is 10.1. The van der Waals surface area contributed by atoms with Gasteiger partial charge in [-0.15, -0.1) is 0 Å². The van der Waals surface area contributed by atoms with E-state index >= 15 is 0 Å². The molecule has 2 rings (SSSR count). The Kier molecular flexibility index (Phi) is 5.23. The Morgan fingerprint density at radius 3 is 2.29 bits per heavy atom. The zero-order valence-corrected chi connectivity index (χ0v) is 13.0. The number of rotatable bonds is 5. The fourth-order valence-corrected chi connectivity index (χ4v) is 2.11. The average molecular weight is 303 g/mol. The molecule has 4 heteroatoms. The number of aryl methyl sites for hydroxylation is 1. The van der Waals surface area contributed by atoms with Gasteiger partial charge in [0.1, 0.15) is 0 Å². The van der Waals surface area contributed by atoms with E-state index in [0.29, 0.717) is 6.42 Å². The summed E-state index contributed by atoms with van der Waals surface area (Å²) in [5.74, 6) is 0.0449. The largest absolute Gasteiger partial charge is 0.355 e. The number of amides is 1. The molecule has 2 N–H and O–H groups in total. The molecule has 110 valence electrons. The van der Waals surface area contributed by atoms with Crippen LogP contribution >= 0.6 is 11.6 Å². The Morgan fingerprint density at radius 2 is 1.67 bits per heavy atom. The number of nitrogens with one attached hydrogen (secondary N) is 2. The summed E-state index contributed by atoms with van der Waals surface area (Å²) in [7, 11) is 0. The Hall–Kier alpha value is -2.00. The molecule has 0 spiro atoms. The maximum atomic E-state index is 11.5. The number of hydrogen-bond donors (Lipinski definition) is 2. The molecule has 0 saturated heterocycles. The number of carbonyl (C=O) groups is 1. The zero-order chi connectivity index (χ0) is 15.2. The fraction of sp³-hybridized carbons (Fsp3) is 0.235. The monoisotopic (exact) mass is 302 g/mol. The number of benzene rings is 2. The van der Waals surface area contributed by atoms with E-state index in [2.05, 4.69) is 10.6 Å². The van der Waals surface area contributed by atoms with Crippen LogP contribution in [0.4, 0.5) is 17.1 Å². The Morgan fingerprint density at radius 1 is 1.05 bits per heavy atom. The highest BCUT2D eigenvalue weighted by atomic mass is 35.5. The molecule has 1 amide bonds. The first-order valence-corrected chi connectivity index (χ1v) is 7.39. The number of carbonyl (C=O) groups excluding carboxylic acids is 1. The Labute approximate surface area is 130 Å². The molecule has 0 saturated carbocycles. The van der Waals surface area contributed by atoms with Crippen molar-refractivity contribution in [2.24, 2.45) is 0 Å². The minimum absolute atomic E-state index is 0.0449. The Balaban J connectivity index is 2.01. The lowest BCUT2D eigenvalue weighted by Crippen LogP contribution is -2.10. The lowest BCUT2D eigenvalue weighted by Gasteiger charge is -2.09. The molecule has 0 unspecified atom stereocenters. The normalized spacial score (nSPS) is 10.2. The molecule has 0 aliphatic heterocycles. The molecule has 0 heterocycles. The van der Waals surface area contributed by atoms with Crippen molar-refractivity contribution in [3.05, 3.63) is 53.1 Å². The van der Waals surface area contributed by atoms with Gasteiger partial charge >= 0.3 is 0 Å². The molecule has 0 aromatic heterocycles. The molecule has 2 aromatic carbocycles. The van der Waals surface area contributed by atoms with Crippen LogP contribution in [0.25, 0.3) is 0 Å². The number of anilines is 3. The van der Waals surface area contributed by atoms with Crippen molar-refractivity contribution in [1.82, 2.24) is 0 Å². The van der Waals surface area contributed by atoms with E-state index in [1.54, 1.807) is 0 Å². The molecule has 0 aliphatic carbocycles. The van der Waals surface area contributed by atoms with Crippen LogP contribution in [0.1, 0.15) is 25.3 Å². The highest BCUT2D eigenvalue weighted by Gasteiger charge is 2.02. The van der Waals surface area contributed by atoms with Gasteiger partial charge in [0.25, 0.3) is 0 Å². The van der Waals surface area contributed by atoms with Gasteiger partial charge in [-0.2, -0.15) is 0 Å². The van der Waals surface area contributed by atoms with Crippen molar-refractivity contribution in [3.63, 3.8) is 0 Å². The first kappa shape index (κ1) is 15.4. The van der Waals surface area contributed by atoms with Crippen LogP contribution in [0.15, 0.2) is 42.5 Å². The van der Waals surface area contributed by atoms with Gasteiger partial charge < -0.3 is 10.6 Å². The second-order valence-electron chi connectivity index (χ2n) is 4.96. The Bertz CT molecular complexity index is 623. The van der Waals surface area contributed by atoms with Crippen molar-refractivity contribution in [2.75, 3.05) is 10.6 Å². The van der Waals surface area contributed by atoms with Crippen molar-refractivity contribution in [2.45, 2.75) is 26.7 Å². The van der Waals surface area contributed by atoms with Crippen LogP contribution < -0.4 is 10.6 Å². The third-order valence-corrected chi connectivity index (χ3v) is 3.51. The summed E-state index contributed by atoms with van der Waals surface area (Å²) in [6.45, 7) is 3.96. The van der Waals surface area contributed by atoms with Crippen molar-refractivity contribution >= 4 is 34.6 Å². The maximum absolute atomic E-state index is 11.5. The summed E-state index contributed by atoms with van der Waals surface area (Å²) in [6.07, 6.45) is 1.39. The van der Waals surface area contributed by atoms with E-state index < -0.39 is 0 Å². The molecule has 0 fully saturated rings. The average Bonchev–Trinajstić information content (AvgIpc) is 2.45. The van der Waals surface area contributed by atoms with Gasteiger partial charge in [0.15, 0.2) is 0 Å². The van der Waals surface area contributed by atoms with Crippen molar-refractivity contribution < 1.29 is 4.79 Å². The van der Waals surface area contributed by atoms with E-state index in [1.165, 1.54) is 0 Å². The highest BCUT2D eigenvalue weighted by Crippen LogP contribution is 2.24. The minimum atomic E-state index is 0.0449. The number of halogens is 1. The zero-order valence-electron chi connectivity index (χ0n) is 12.2. The van der Waals surface area contributed by atoms with E-state index in [0.717, 1.165) is 34.1 Å². The van der Waals surface area contributed by atoms with E-state index in [1.807, 2.05) is 56.3 Å². The predicted octanol–water partition coefficient (Wildman–Crippen LogP) is 5.13. The van der Waals surface area contributed by atoms with Gasteiger partial charge in [0, 0.05) is 28.5 Å². The van der Waals surface area contributed by atoms with Crippen LogP contribution in [0.3, 0.4) is 0 Å². The molecule has 2 aromatic rings. The summed E-state index contributed by atoms with van der Waals surface area (Å²) in [6, 6.07) is 13.5. The summed E-state index contributed by atoms with van der Waals surface area (Å²) < 4.78 is 0. The van der Waals surface area contributed by atoms with E-state index in [9.17, 15) is 4.79 Å². The lowest BCUT2D eigenvalue weighted by molar-refractivity contribution is -0.116. The van der Waals surface area contributed by atoms with Crippen LogP contribution in [0.2, 0.25) is 5.02 Å². The molecule has 3 nitrogen and oxygen atoms in total. The standard InChI is InChI=1S/C17H19ClN2O/c1-3-4-17(21)20-14-9-7-13(8-10-14)19-15-6-5-12(2)16(18)11-15/h5-11,19H,3-4H2,1-2H3,(H,20,21). The molecule has 0 aliphatic rings. The second-order valence-corrected chi connectivity index (χ2v) is 5.37. The van der Waals surface area contributed by atoms with Gasteiger partial charge in [0.05, 0.1) is 0 Å². The second kappa shape index (κ2) is 7.14. The van der Waals surface area contributed by atoms with Crippen molar-refractivity contribution in [3.8, 4) is 0 Å². The molecule has 0 bridgehead atoms. The van der Waals surface area contributed by atoms with Crippen molar-refractivity contribution in [1.29, 1.82) is 0 Å². The smallest absolute Gasteiger partial charge is 0.224 e. The van der Waals surface area contributed by atoms with Gasteiger partial charge in [-0.1, -0.05) is 24.6 Å². The molecule has 0 radical (unpaired) electrons. The first-order valence-electron chi connectivity index (χ1n) is 7.01. The topological polar surface area (TPSA) is 41.1 Å². The molecular formula is C17H19ClN2O. The van der Waals surface area contributed by atoms with Gasteiger partial charge in [0.2, 0.25) is 5.91 Å². The van der Waals surface area contributed by atoms with Crippen LogP contribution in [0.5, 0.6) is 0 Å². The molecular weight excluding hydrogens is 284 g/mol. The van der Waals surface area contributed by atoms with Gasteiger partial charge in [-0.25, -0.2) is 0 Å².